The molecule has 0 spiro atoms. The molecule has 0 amide bonds. The first-order valence-electron chi connectivity index (χ1n) is 6.60. The normalized spacial score (nSPS) is 17.8. The number of carboxylic acid groups (broad SMARTS) is 1. The Morgan fingerprint density at radius 3 is 3.00 bits per heavy atom. The first-order chi connectivity index (χ1) is 9.65. The molecule has 0 radical (unpaired) electrons. The molecule has 3 rings (SSSR count). The fourth-order valence-corrected chi connectivity index (χ4v) is 4.21. The molecule has 1 heterocycles. The second kappa shape index (κ2) is 5.66. The summed E-state index contributed by atoms with van der Waals surface area (Å²) in [5.41, 5.74) is 1.99. The van der Waals surface area contributed by atoms with E-state index in [1.165, 1.54) is 5.56 Å². The highest BCUT2D eigenvalue weighted by atomic mass is 79.9. The van der Waals surface area contributed by atoms with Crippen molar-refractivity contribution in [1.29, 1.82) is 0 Å². The van der Waals surface area contributed by atoms with E-state index in [1.54, 1.807) is 11.3 Å². The maximum atomic E-state index is 11.3. The van der Waals surface area contributed by atoms with Crippen LogP contribution in [0, 0.1) is 0 Å². The fraction of sp³-hybridized carbons (Fsp3) is 0.333. The molecule has 1 N–H and O–H groups in total. The number of thiazole rings is 1. The average Bonchev–Trinajstić information content (AvgIpc) is 2.83. The van der Waals surface area contributed by atoms with Crippen molar-refractivity contribution in [3.63, 3.8) is 0 Å². The number of rotatable bonds is 3. The van der Waals surface area contributed by atoms with E-state index in [4.69, 9.17) is 0 Å². The van der Waals surface area contributed by atoms with E-state index in [0.717, 1.165) is 39.3 Å². The standard InChI is InChI=1S/C15H14BrNO2S/c16-11-6-2-1-4-9(11)8-13-17-14-10(15(18)19)5-3-7-12(14)20-13/h1-2,4,6,10H,3,5,7-8H2,(H,18,19). The van der Waals surface area contributed by atoms with Crippen LogP contribution in [0.15, 0.2) is 28.7 Å². The molecule has 0 saturated carbocycles. The van der Waals surface area contributed by atoms with Crippen LogP contribution in [0.3, 0.4) is 0 Å². The Kier molecular flexibility index (Phi) is 3.89. The number of fused-ring (bicyclic) bond motifs is 1. The van der Waals surface area contributed by atoms with Gasteiger partial charge in [0, 0.05) is 15.8 Å². The lowest BCUT2D eigenvalue weighted by Crippen LogP contribution is -2.17. The van der Waals surface area contributed by atoms with Crippen molar-refractivity contribution in [3.8, 4) is 0 Å². The molecule has 1 aliphatic rings. The summed E-state index contributed by atoms with van der Waals surface area (Å²) in [5, 5.41) is 10.3. The highest BCUT2D eigenvalue weighted by Gasteiger charge is 2.29. The van der Waals surface area contributed by atoms with Gasteiger partial charge in [-0.3, -0.25) is 4.79 Å². The number of aromatic nitrogens is 1. The summed E-state index contributed by atoms with van der Waals surface area (Å²) in [6.07, 6.45) is 3.37. The Morgan fingerprint density at radius 2 is 2.25 bits per heavy atom. The van der Waals surface area contributed by atoms with Gasteiger partial charge in [-0.25, -0.2) is 4.98 Å². The zero-order valence-corrected chi connectivity index (χ0v) is 13.2. The zero-order valence-electron chi connectivity index (χ0n) is 10.8. The van der Waals surface area contributed by atoms with Gasteiger partial charge in [-0.05, 0) is 30.9 Å². The predicted octanol–water partition coefficient (Wildman–Crippen LogP) is 4.00. The van der Waals surface area contributed by atoms with Crippen LogP contribution in [0.5, 0.6) is 0 Å². The van der Waals surface area contributed by atoms with Gasteiger partial charge in [-0.15, -0.1) is 11.3 Å². The topological polar surface area (TPSA) is 50.2 Å². The van der Waals surface area contributed by atoms with Crippen molar-refractivity contribution in [2.45, 2.75) is 31.6 Å². The Hall–Kier alpha value is -1.20. The van der Waals surface area contributed by atoms with E-state index < -0.39 is 11.9 Å². The summed E-state index contributed by atoms with van der Waals surface area (Å²) >= 11 is 5.21. The van der Waals surface area contributed by atoms with Gasteiger partial charge in [-0.2, -0.15) is 0 Å². The summed E-state index contributed by atoms with van der Waals surface area (Å²) in [6, 6.07) is 8.08. The zero-order chi connectivity index (χ0) is 14.1. The van der Waals surface area contributed by atoms with Crippen molar-refractivity contribution >= 4 is 33.2 Å². The summed E-state index contributed by atoms with van der Waals surface area (Å²) in [4.78, 5) is 17.1. The Balaban J connectivity index is 1.90. The maximum Gasteiger partial charge on any atom is 0.312 e. The Labute approximate surface area is 129 Å². The molecule has 104 valence electrons. The van der Waals surface area contributed by atoms with Crippen molar-refractivity contribution in [2.75, 3.05) is 0 Å². The Morgan fingerprint density at radius 1 is 1.45 bits per heavy atom. The lowest BCUT2D eigenvalue weighted by molar-refractivity contribution is -0.139. The molecule has 1 aromatic carbocycles. The minimum Gasteiger partial charge on any atom is -0.481 e. The second-order valence-electron chi connectivity index (χ2n) is 4.97. The fourth-order valence-electron chi connectivity index (χ4n) is 2.59. The average molecular weight is 352 g/mol. The number of hydrogen-bond donors (Lipinski definition) is 1. The minimum absolute atomic E-state index is 0.414. The summed E-state index contributed by atoms with van der Waals surface area (Å²) in [5.74, 6) is -1.16. The molecule has 2 aromatic rings. The van der Waals surface area contributed by atoms with Crippen LogP contribution >= 0.6 is 27.3 Å². The van der Waals surface area contributed by atoms with Gasteiger partial charge in [0.15, 0.2) is 0 Å². The SMILES string of the molecule is O=C(O)C1CCCc2sc(Cc3ccccc3Br)nc21. The van der Waals surface area contributed by atoms with Gasteiger partial charge in [0.1, 0.15) is 0 Å². The largest absolute Gasteiger partial charge is 0.481 e. The van der Waals surface area contributed by atoms with Crippen molar-refractivity contribution in [3.05, 3.63) is 49.9 Å². The molecule has 1 aromatic heterocycles. The van der Waals surface area contributed by atoms with Gasteiger partial charge in [-0.1, -0.05) is 34.1 Å². The van der Waals surface area contributed by atoms with E-state index in [9.17, 15) is 9.90 Å². The van der Waals surface area contributed by atoms with Crippen molar-refractivity contribution in [1.82, 2.24) is 4.98 Å². The van der Waals surface area contributed by atoms with E-state index in [2.05, 4.69) is 27.0 Å². The van der Waals surface area contributed by atoms with Crippen LogP contribution in [0.25, 0.3) is 0 Å². The summed E-state index contributed by atoms with van der Waals surface area (Å²) < 4.78 is 1.07. The number of carbonyl (C=O) groups is 1. The smallest absolute Gasteiger partial charge is 0.312 e. The third kappa shape index (κ3) is 2.65. The highest BCUT2D eigenvalue weighted by molar-refractivity contribution is 9.10. The molecule has 0 bridgehead atoms. The third-order valence-electron chi connectivity index (χ3n) is 3.60. The number of halogens is 1. The van der Waals surface area contributed by atoms with E-state index >= 15 is 0 Å². The molecular weight excluding hydrogens is 338 g/mol. The molecule has 3 nitrogen and oxygen atoms in total. The van der Waals surface area contributed by atoms with Crippen LogP contribution in [-0.4, -0.2) is 16.1 Å². The molecule has 1 aliphatic carbocycles. The van der Waals surface area contributed by atoms with Crippen LogP contribution in [-0.2, 0) is 17.6 Å². The van der Waals surface area contributed by atoms with Gasteiger partial charge < -0.3 is 5.11 Å². The van der Waals surface area contributed by atoms with Crippen molar-refractivity contribution in [2.24, 2.45) is 0 Å². The number of benzene rings is 1. The van der Waals surface area contributed by atoms with Crippen molar-refractivity contribution < 1.29 is 9.90 Å². The molecular formula is C15H14BrNO2S. The lowest BCUT2D eigenvalue weighted by atomic mass is 9.91. The van der Waals surface area contributed by atoms with Crippen LogP contribution < -0.4 is 0 Å². The maximum absolute atomic E-state index is 11.3. The molecule has 0 saturated heterocycles. The molecule has 20 heavy (non-hydrogen) atoms. The second-order valence-corrected chi connectivity index (χ2v) is 6.99. The highest BCUT2D eigenvalue weighted by Crippen LogP contribution is 2.36. The first kappa shape index (κ1) is 13.8. The molecule has 0 fully saturated rings. The number of hydrogen-bond acceptors (Lipinski definition) is 3. The van der Waals surface area contributed by atoms with Gasteiger partial charge in [0.25, 0.3) is 0 Å². The molecule has 0 aliphatic heterocycles. The first-order valence-corrected chi connectivity index (χ1v) is 8.21. The molecule has 1 unspecified atom stereocenters. The van der Waals surface area contributed by atoms with E-state index in [1.807, 2.05) is 18.2 Å². The van der Waals surface area contributed by atoms with E-state index in [-0.39, 0.29) is 0 Å². The molecule has 1 atom stereocenters. The number of nitrogens with zero attached hydrogens (tertiary/aromatic N) is 1. The van der Waals surface area contributed by atoms with Crippen LogP contribution in [0.1, 0.15) is 39.9 Å². The van der Waals surface area contributed by atoms with Gasteiger partial charge in [0.05, 0.1) is 16.6 Å². The lowest BCUT2D eigenvalue weighted by Gasteiger charge is -2.16. The number of aliphatic carboxylic acids is 1. The van der Waals surface area contributed by atoms with E-state index in [0.29, 0.717) is 6.42 Å². The Bertz CT molecular complexity index is 653. The summed E-state index contributed by atoms with van der Waals surface area (Å²) in [6.45, 7) is 0. The quantitative estimate of drug-likeness (QED) is 0.908. The van der Waals surface area contributed by atoms with Crippen LogP contribution in [0.2, 0.25) is 0 Å². The van der Waals surface area contributed by atoms with Gasteiger partial charge >= 0.3 is 5.97 Å². The predicted molar refractivity (Wildman–Crippen MR) is 82.4 cm³/mol. The number of aryl methyl sites for hydroxylation is 1. The number of carboxylic acids is 1. The minimum atomic E-state index is -0.747. The monoisotopic (exact) mass is 351 g/mol. The van der Waals surface area contributed by atoms with Gasteiger partial charge in [0.2, 0.25) is 0 Å². The summed E-state index contributed by atoms with van der Waals surface area (Å²) in [7, 11) is 0. The van der Waals surface area contributed by atoms with Crippen LogP contribution in [0.4, 0.5) is 0 Å². The molecule has 5 heteroatoms. The third-order valence-corrected chi connectivity index (χ3v) is 5.50.